The lowest BCUT2D eigenvalue weighted by Gasteiger charge is -2.21. The molecule has 0 radical (unpaired) electrons. The Balaban J connectivity index is 1.26. The fourth-order valence-electron chi connectivity index (χ4n) is 3.67. The number of hydrogen-bond donors (Lipinski definition) is 0. The molecule has 0 spiro atoms. The van der Waals surface area contributed by atoms with E-state index in [0.29, 0.717) is 24.5 Å². The van der Waals surface area contributed by atoms with Crippen LogP contribution in [0.3, 0.4) is 0 Å². The second kappa shape index (κ2) is 12.6. The molecule has 0 saturated carbocycles. The van der Waals surface area contributed by atoms with Crippen LogP contribution in [-0.2, 0) is 0 Å². The Morgan fingerprint density at radius 2 is 1.32 bits per heavy atom. The highest BCUT2D eigenvalue weighted by Gasteiger charge is 2.14. The fraction of sp³-hybridized carbons (Fsp3) is 0.440. The zero-order valence-corrected chi connectivity index (χ0v) is 18.0. The average molecular weight is 419 g/mol. The van der Waals surface area contributed by atoms with Gasteiger partial charge < -0.3 is 19.3 Å². The van der Waals surface area contributed by atoms with E-state index in [0.717, 1.165) is 63.6 Å². The summed E-state index contributed by atoms with van der Waals surface area (Å²) in [6.07, 6.45) is 3.19. The molecule has 1 fully saturated rings. The zero-order valence-electron chi connectivity index (χ0n) is 18.0. The number of nitrogens with zero attached hydrogens (tertiary/aromatic N) is 4. The van der Waals surface area contributed by atoms with Crippen LogP contribution in [0.1, 0.15) is 24.8 Å². The summed E-state index contributed by atoms with van der Waals surface area (Å²) < 4.78 is 11.6. The Labute approximate surface area is 185 Å². The van der Waals surface area contributed by atoms with E-state index in [1.165, 1.54) is 6.42 Å². The number of rotatable bonds is 10. The summed E-state index contributed by atoms with van der Waals surface area (Å²) in [5, 5.41) is 8.84. The van der Waals surface area contributed by atoms with Gasteiger partial charge in [0.15, 0.2) is 5.69 Å². The van der Waals surface area contributed by atoms with Crippen molar-refractivity contribution in [2.75, 3.05) is 52.5 Å². The summed E-state index contributed by atoms with van der Waals surface area (Å²) in [4.78, 5) is 8.45. The van der Waals surface area contributed by atoms with Crippen molar-refractivity contribution in [1.29, 1.82) is 5.26 Å². The van der Waals surface area contributed by atoms with Crippen molar-refractivity contribution in [3.63, 3.8) is 0 Å². The summed E-state index contributed by atoms with van der Waals surface area (Å²) in [5.41, 5.74) is 1.30. The summed E-state index contributed by atoms with van der Waals surface area (Å²) in [6.45, 7) is 14.9. The number of nitriles is 1. The topological polar surface area (TPSA) is 53.1 Å². The molecule has 0 atom stereocenters. The lowest BCUT2D eigenvalue weighted by Crippen LogP contribution is -2.32. The van der Waals surface area contributed by atoms with Crippen molar-refractivity contribution < 1.29 is 9.47 Å². The molecule has 1 aliphatic rings. The molecular formula is C25H30N4O2. The highest BCUT2D eigenvalue weighted by atomic mass is 16.5. The molecule has 0 N–H and O–H groups in total. The van der Waals surface area contributed by atoms with Crippen LogP contribution in [0.4, 0.5) is 5.69 Å². The molecular weight excluding hydrogens is 388 g/mol. The second-order valence-electron chi connectivity index (χ2n) is 7.68. The molecule has 162 valence electrons. The molecule has 1 heterocycles. The van der Waals surface area contributed by atoms with Gasteiger partial charge in [0, 0.05) is 26.2 Å². The first kappa shape index (κ1) is 22.6. The van der Waals surface area contributed by atoms with Crippen molar-refractivity contribution in [2.45, 2.75) is 19.3 Å². The molecule has 2 aromatic rings. The molecule has 6 nitrogen and oxygen atoms in total. The maximum absolute atomic E-state index is 8.84. The minimum absolute atomic E-state index is 0.641. The van der Waals surface area contributed by atoms with Gasteiger partial charge in [-0.05, 0) is 68.8 Å². The van der Waals surface area contributed by atoms with Crippen molar-refractivity contribution in [1.82, 2.24) is 9.80 Å². The predicted octanol–water partition coefficient (Wildman–Crippen LogP) is 4.35. The molecule has 1 aliphatic heterocycles. The Morgan fingerprint density at radius 1 is 0.806 bits per heavy atom. The number of benzene rings is 2. The first-order valence-corrected chi connectivity index (χ1v) is 10.9. The van der Waals surface area contributed by atoms with Gasteiger partial charge in [0.1, 0.15) is 11.5 Å². The monoisotopic (exact) mass is 418 g/mol. The second-order valence-corrected chi connectivity index (χ2v) is 7.68. The van der Waals surface area contributed by atoms with Gasteiger partial charge in [0.05, 0.1) is 31.4 Å². The van der Waals surface area contributed by atoms with Gasteiger partial charge in [-0.3, -0.25) is 0 Å². The third-order valence-electron chi connectivity index (χ3n) is 5.41. The molecule has 0 bridgehead atoms. The van der Waals surface area contributed by atoms with E-state index >= 15 is 0 Å². The summed E-state index contributed by atoms with van der Waals surface area (Å²) in [7, 11) is 0. The Kier molecular flexibility index (Phi) is 9.19. The van der Waals surface area contributed by atoms with Gasteiger partial charge in [-0.15, -0.1) is 0 Å². The van der Waals surface area contributed by atoms with Crippen molar-refractivity contribution in [3.8, 4) is 17.6 Å². The molecule has 31 heavy (non-hydrogen) atoms. The predicted molar refractivity (Wildman–Crippen MR) is 122 cm³/mol. The van der Waals surface area contributed by atoms with Gasteiger partial charge in [-0.2, -0.15) is 5.26 Å². The lowest BCUT2D eigenvalue weighted by molar-refractivity contribution is 0.221. The standard InChI is InChI=1S/C25H30N4O2/c1-27-23-7-11-25(12-8-23)31-20-4-16-29-14-2-13-28(17-18-29)15-3-19-30-24-9-5-22(21-26)6-10-24/h5-12H,2-4,13-20H2. The molecule has 0 aromatic heterocycles. The summed E-state index contributed by atoms with van der Waals surface area (Å²) in [5.74, 6) is 1.66. The molecule has 2 aromatic carbocycles. The van der Waals surface area contributed by atoms with Crippen LogP contribution in [0.25, 0.3) is 4.85 Å². The third kappa shape index (κ3) is 7.94. The average Bonchev–Trinajstić information content (AvgIpc) is 3.05. The Bertz CT molecular complexity index is 795. The van der Waals surface area contributed by atoms with Crippen molar-refractivity contribution in [2.24, 2.45) is 0 Å². The van der Waals surface area contributed by atoms with E-state index in [-0.39, 0.29) is 0 Å². The van der Waals surface area contributed by atoms with Crippen LogP contribution in [0.5, 0.6) is 11.5 Å². The summed E-state index contributed by atoms with van der Waals surface area (Å²) in [6, 6.07) is 16.7. The van der Waals surface area contributed by atoms with Crippen LogP contribution in [-0.4, -0.2) is 62.3 Å². The smallest absolute Gasteiger partial charge is 0.187 e. The highest BCUT2D eigenvalue weighted by Crippen LogP contribution is 2.18. The van der Waals surface area contributed by atoms with Crippen molar-refractivity contribution in [3.05, 3.63) is 65.5 Å². The first-order valence-electron chi connectivity index (χ1n) is 10.9. The molecule has 0 unspecified atom stereocenters. The van der Waals surface area contributed by atoms with Crippen LogP contribution in [0, 0.1) is 17.9 Å². The minimum Gasteiger partial charge on any atom is -0.494 e. The number of hydrogen-bond acceptors (Lipinski definition) is 5. The van der Waals surface area contributed by atoms with Crippen LogP contribution in [0.15, 0.2) is 48.5 Å². The maximum atomic E-state index is 8.84. The van der Waals surface area contributed by atoms with Gasteiger partial charge in [-0.25, -0.2) is 4.85 Å². The van der Waals surface area contributed by atoms with Crippen molar-refractivity contribution >= 4 is 5.69 Å². The Hall–Kier alpha value is -3.06. The Morgan fingerprint density at radius 3 is 1.81 bits per heavy atom. The molecule has 6 heteroatoms. The quantitative estimate of drug-likeness (QED) is 0.424. The zero-order chi connectivity index (χ0) is 21.7. The van der Waals surface area contributed by atoms with Gasteiger partial charge in [0.25, 0.3) is 0 Å². The van der Waals surface area contributed by atoms with E-state index in [1.54, 1.807) is 24.3 Å². The highest BCUT2D eigenvalue weighted by molar-refractivity contribution is 5.46. The maximum Gasteiger partial charge on any atom is 0.187 e. The van der Waals surface area contributed by atoms with Crippen LogP contribution in [0.2, 0.25) is 0 Å². The van der Waals surface area contributed by atoms with Gasteiger partial charge in [-0.1, -0.05) is 12.1 Å². The SMILES string of the molecule is [C-]#[N+]c1ccc(OCCCN2CCCN(CCCOc3ccc(C#N)cc3)CC2)cc1. The van der Waals surface area contributed by atoms with Gasteiger partial charge in [0.2, 0.25) is 0 Å². The molecule has 0 amide bonds. The van der Waals surface area contributed by atoms with E-state index in [4.69, 9.17) is 21.3 Å². The summed E-state index contributed by atoms with van der Waals surface area (Å²) >= 11 is 0. The lowest BCUT2D eigenvalue weighted by atomic mass is 10.2. The van der Waals surface area contributed by atoms with E-state index in [1.807, 2.05) is 24.3 Å². The van der Waals surface area contributed by atoms with Crippen LogP contribution >= 0.6 is 0 Å². The van der Waals surface area contributed by atoms with E-state index in [2.05, 4.69) is 20.7 Å². The molecule has 1 saturated heterocycles. The number of ether oxygens (including phenoxy) is 2. The largest absolute Gasteiger partial charge is 0.494 e. The fourth-order valence-corrected chi connectivity index (χ4v) is 3.67. The first-order chi connectivity index (χ1) is 15.3. The minimum atomic E-state index is 0.641. The van der Waals surface area contributed by atoms with Gasteiger partial charge >= 0.3 is 0 Å². The van der Waals surface area contributed by atoms with E-state index < -0.39 is 0 Å². The normalized spacial score (nSPS) is 14.9. The molecule has 0 aliphatic carbocycles. The molecule has 3 rings (SSSR count). The van der Waals surface area contributed by atoms with E-state index in [9.17, 15) is 0 Å². The van der Waals surface area contributed by atoms with Crippen LogP contribution < -0.4 is 9.47 Å². The third-order valence-corrected chi connectivity index (χ3v) is 5.41.